The predicted molar refractivity (Wildman–Crippen MR) is 89.9 cm³/mol. The molecule has 1 aliphatic heterocycles. The molecule has 1 aromatic carbocycles. The predicted octanol–water partition coefficient (Wildman–Crippen LogP) is 3.45. The number of ether oxygens (including phenoxy) is 1. The Balaban J connectivity index is 0.00000200. The summed E-state index contributed by atoms with van der Waals surface area (Å²) in [5.41, 5.74) is 1.26. The first kappa shape index (κ1) is 17.8. The number of benzene rings is 1. The molecule has 1 saturated heterocycles. The average molecular weight is 364 g/mol. The summed E-state index contributed by atoms with van der Waals surface area (Å²) in [7, 11) is 1.74. The molecule has 0 bridgehead atoms. The van der Waals surface area contributed by atoms with Gasteiger partial charge in [0.1, 0.15) is 5.75 Å². The van der Waals surface area contributed by atoms with Crippen LogP contribution >= 0.6 is 28.3 Å². The second kappa shape index (κ2) is 8.88. The molecule has 0 saturated carbocycles. The van der Waals surface area contributed by atoms with E-state index in [9.17, 15) is 0 Å². The Hall–Kier alpha value is -0.290. The molecule has 20 heavy (non-hydrogen) atoms. The van der Waals surface area contributed by atoms with Crippen molar-refractivity contribution in [3.63, 3.8) is 0 Å². The maximum Gasteiger partial charge on any atom is 0.123 e. The van der Waals surface area contributed by atoms with Crippen LogP contribution in [0.1, 0.15) is 25.3 Å². The van der Waals surface area contributed by atoms with E-state index in [4.69, 9.17) is 4.74 Å². The lowest BCUT2D eigenvalue weighted by molar-refractivity contribution is 0.197. The zero-order valence-corrected chi connectivity index (χ0v) is 14.6. The Kier molecular flexibility index (Phi) is 7.88. The minimum absolute atomic E-state index is 0. The summed E-state index contributed by atoms with van der Waals surface area (Å²) in [5, 5.41) is 3.45. The van der Waals surface area contributed by atoms with Crippen LogP contribution in [0.5, 0.6) is 5.75 Å². The van der Waals surface area contributed by atoms with Crippen molar-refractivity contribution in [1.82, 2.24) is 10.2 Å². The molecule has 0 spiro atoms. The van der Waals surface area contributed by atoms with Crippen molar-refractivity contribution in [3.05, 3.63) is 28.2 Å². The van der Waals surface area contributed by atoms with Gasteiger partial charge in [0.15, 0.2) is 0 Å². The number of rotatable bonds is 6. The molecule has 0 amide bonds. The standard InChI is InChI=1S/C15H23BrN2O.ClH/c1-3-8-18(14-6-7-17-10-14)11-12-9-13(16)4-5-15(12)19-2;/h4-5,9,14,17H,3,6-8,10-11H2,1-2H3;1H. The molecule has 0 aromatic heterocycles. The molecule has 1 heterocycles. The number of halogens is 2. The monoisotopic (exact) mass is 362 g/mol. The van der Waals surface area contributed by atoms with E-state index in [-0.39, 0.29) is 12.4 Å². The van der Waals surface area contributed by atoms with Gasteiger partial charge in [-0.3, -0.25) is 4.90 Å². The summed E-state index contributed by atoms with van der Waals surface area (Å²) in [6, 6.07) is 6.90. The van der Waals surface area contributed by atoms with Gasteiger partial charge in [-0.25, -0.2) is 0 Å². The van der Waals surface area contributed by atoms with Crippen LogP contribution < -0.4 is 10.1 Å². The van der Waals surface area contributed by atoms with E-state index in [2.05, 4.69) is 39.1 Å². The zero-order chi connectivity index (χ0) is 13.7. The number of nitrogens with one attached hydrogen (secondary N) is 1. The lowest BCUT2D eigenvalue weighted by Crippen LogP contribution is -2.37. The second-order valence-corrected chi connectivity index (χ2v) is 5.99. The van der Waals surface area contributed by atoms with Crippen LogP contribution in [-0.2, 0) is 6.54 Å². The fourth-order valence-corrected chi connectivity index (χ4v) is 3.13. The first-order chi connectivity index (χ1) is 9.24. The van der Waals surface area contributed by atoms with E-state index in [1.807, 2.05) is 12.1 Å². The molecular weight excluding hydrogens is 340 g/mol. The molecule has 114 valence electrons. The van der Waals surface area contributed by atoms with Crippen LogP contribution in [0, 0.1) is 0 Å². The van der Waals surface area contributed by atoms with E-state index in [1.54, 1.807) is 7.11 Å². The number of hydrogen-bond donors (Lipinski definition) is 1. The van der Waals surface area contributed by atoms with E-state index in [0.717, 1.165) is 36.4 Å². The number of hydrogen-bond acceptors (Lipinski definition) is 3. The lowest BCUT2D eigenvalue weighted by Gasteiger charge is -2.28. The molecule has 0 aliphatic carbocycles. The van der Waals surface area contributed by atoms with Crippen molar-refractivity contribution in [2.45, 2.75) is 32.4 Å². The maximum atomic E-state index is 5.48. The van der Waals surface area contributed by atoms with Gasteiger partial charge in [0.2, 0.25) is 0 Å². The summed E-state index contributed by atoms with van der Waals surface area (Å²) in [6.07, 6.45) is 2.43. The zero-order valence-electron chi connectivity index (χ0n) is 12.2. The Morgan fingerprint density at radius 3 is 2.85 bits per heavy atom. The third kappa shape index (κ3) is 4.62. The van der Waals surface area contributed by atoms with Crippen LogP contribution in [0.3, 0.4) is 0 Å². The van der Waals surface area contributed by atoms with Gasteiger partial charge in [0, 0.05) is 29.2 Å². The normalized spacial score (nSPS) is 18.1. The molecule has 1 aromatic rings. The van der Waals surface area contributed by atoms with Gasteiger partial charge < -0.3 is 10.1 Å². The topological polar surface area (TPSA) is 24.5 Å². The van der Waals surface area contributed by atoms with Crippen molar-refractivity contribution >= 4 is 28.3 Å². The molecule has 1 aliphatic rings. The summed E-state index contributed by atoms with van der Waals surface area (Å²) >= 11 is 3.55. The average Bonchev–Trinajstić information content (AvgIpc) is 2.92. The van der Waals surface area contributed by atoms with Crippen molar-refractivity contribution in [3.8, 4) is 5.75 Å². The first-order valence-electron chi connectivity index (χ1n) is 7.01. The van der Waals surface area contributed by atoms with Crippen LogP contribution in [0.4, 0.5) is 0 Å². The molecule has 3 nitrogen and oxygen atoms in total. The molecule has 1 N–H and O–H groups in total. The second-order valence-electron chi connectivity index (χ2n) is 5.07. The third-order valence-electron chi connectivity index (χ3n) is 3.68. The highest BCUT2D eigenvalue weighted by Crippen LogP contribution is 2.25. The summed E-state index contributed by atoms with van der Waals surface area (Å²) < 4.78 is 6.59. The van der Waals surface area contributed by atoms with Gasteiger partial charge >= 0.3 is 0 Å². The Labute approximate surface area is 136 Å². The molecule has 1 fully saturated rings. The summed E-state index contributed by atoms with van der Waals surface area (Å²) in [6.45, 7) is 6.59. The van der Waals surface area contributed by atoms with Gasteiger partial charge in [-0.1, -0.05) is 22.9 Å². The highest BCUT2D eigenvalue weighted by Gasteiger charge is 2.22. The number of nitrogens with zero attached hydrogens (tertiary/aromatic N) is 1. The van der Waals surface area contributed by atoms with Gasteiger partial charge in [-0.15, -0.1) is 12.4 Å². The highest BCUT2D eigenvalue weighted by molar-refractivity contribution is 9.10. The fourth-order valence-electron chi connectivity index (χ4n) is 2.72. The molecule has 2 rings (SSSR count). The van der Waals surface area contributed by atoms with Gasteiger partial charge in [-0.2, -0.15) is 0 Å². The SMILES string of the molecule is CCCN(Cc1cc(Br)ccc1OC)C1CCNC1.Cl. The summed E-state index contributed by atoms with van der Waals surface area (Å²) in [5.74, 6) is 0.982. The van der Waals surface area contributed by atoms with Crippen LogP contribution in [0.15, 0.2) is 22.7 Å². The van der Waals surface area contributed by atoms with Crippen molar-refractivity contribution in [2.75, 3.05) is 26.7 Å². The van der Waals surface area contributed by atoms with Gasteiger partial charge in [0.25, 0.3) is 0 Å². The fraction of sp³-hybridized carbons (Fsp3) is 0.600. The quantitative estimate of drug-likeness (QED) is 0.838. The van der Waals surface area contributed by atoms with Crippen LogP contribution in [0.2, 0.25) is 0 Å². The first-order valence-corrected chi connectivity index (χ1v) is 7.81. The molecule has 1 unspecified atom stereocenters. The van der Waals surface area contributed by atoms with E-state index in [1.165, 1.54) is 18.4 Å². The maximum absolute atomic E-state index is 5.48. The smallest absolute Gasteiger partial charge is 0.123 e. The Morgan fingerprint density at radius 1 is 1.45 bits per heavy atom. The Bertz CT molecular complexity index is 411. The third-order valence-corrected chi connectivity index (χ3v) is 4.17. The van der Waals surface area contributed by atoms with Crippen molar-refractivity contribution < 1.29 is 4.74 Å². The molecule has 0 radical (unpaired) electrons. The van der Waals surface area contributed by atoms with Crippen molar-refractivity contribution in [2.24, 2.45) is 0 Å². The Morgan fingerprint density at radius 2 is 2.25 bits per heavy atom. The number of methoxy groups -OCH3 is 1. The minimum Gasteiger partial charge on any atom is -0.496 e. The van der Waals surface area contributed by atoms with E-state index < -0.39 is 0 Å². The molecule has 5 heteroatoms. The highest BCUT2D eigenvalue weighted by atomic mass is 79.9. The minimum atomic E-state index is 0. The van der Waals surface area contributed by atoms with E-state index >= 15 is 0 Å². The van der Waals surface area contributed by atoms with Gasteiger partial charge in [0.05, 0.1) is 7.11 Å². The van der Waals surface area contributed by atoms with Gasteiger partial charge in [-0.05, 0) is 44.1 Å². The van der Waals surface area contributed by atoms with Crippen LogP contribution in [0.25, 0.3) is 0 Å². The largest absolute Gasteiger partial charge is 0.496 e. The molecule has 1 atom stereocenters. The van der Waals surface area contributed by atoms with Crippen molar-refractivity contribution in [1.29, 1.82) is 0 Å². The lowest BCUT2D eigenvalue weighted by atomic mass is 10.1. The summed E-state index contributed by atoms with van der Waals surface area (Å²) in [4.78, 5) is 2.57. The molecular formula is C15H24BrClN2O. The van der Waals surface area contributed by atoms with E-state index in [0.29, 0.717) is 6.04 Å². The van der Waals surface area contributed by atoms with Crippen LogP contribution in [-0.4, -0.2) is 37.7 Å².